The molecule has 1 aromatic heterocycles. The molecule has 0 atom stereocenters. The van der Waals surface area contributed by atoms with Crippen LogP contribution >= 0.6 is 0 Å². The van der Waals surface area contributed by atoms with Gasteiger partial charge in [-0.05, 0) is 0 Å². The van der Waals surface area contributed by atoms with Crippen LogP contribution in [-0.4, -0.2) is 35.3 Å². The smallest absolute Gasteiger partial charge is 0.372 e. The van der Waals surface area contributed by atoms with Crippen molar-refractivity contribution >= 4 is 5.78 Å². The summed E-state index contributed by atoms with van der Waals surface area (Å²) < 4.78 is 44.8. The molecule has 0 fully saturated rings. The molecule has 0 aliphatic carbocycles. The van der Waals surface area contributed by atoms with Crippen LogP contribution in [0.2, 0.25) is 0 Å². The molecule has 5 nitrogen and oxygen atoms in total. The van der Waals surface area contributed by atoms with E-state index in [0.717, 1.165) is 0 Å². The molecule has 0 saturated carbocycles. The summed E-state index contributed by atoms with van der Waals surface area (Å²) in [6, 6.07) is 0. The van der Waals surface area contributed by atoms with E-state index in [4.69, 9.17) is 4.52 Å². The van der Waals surface area contributed by atoms with Gasteiger partial charge in [-0.1, -0.05) is 25.9 Å². The first kappa shape index (κ1) is 16.6. The highest BCUT2D eigenvalue weighted by Gasteiger charge is 2.27. The van der Waals surface area contributed by atoms with Crippen molar-refractivity contribution in [2.45, 2.75) is 39.8 Å². The molecule has 0 aliphatic rings. The Morgan fingerprint density at radius 3 is 2.50 bits per heavy atom. The number of hydrogen-bond donors (Lipinski definition) is 0. The number of ketones is 1. The Labute approximate surface area is 114 Å². The van der Waals surface area contributed by atoms with Gasteiger partial charge in [-0.15, -0.1) is 0 Å². The number of carbonyl (C=O) groups excluding carboxylic acids is 1. The Hall–Kier alpha value is -1.44. The minimum Gasteiger partial charge on any atom is -0.372 e. The molecule has 0 radical (unpaired) electrons. The zero-order chi connectivity index (χ0) is 15.4. The van der Waals surface area contributed by atoms with Gasteiger partial charge in [0.1, 0.15) is 12.4 Å². The van der Waals surface area contributed by atoms with Crippen LogP contribution in [0.5, 0.6) is 0 Å². The zero-order valence-corrected chi connectivity index (χ0v) is 11.6. The van der Waals surface area contributed by atoms with E-state index in [2.05, 4.69) is 14.9 Å². The van der Waals surface area contributed by atoms with Crippen LogP contribution in [0.3, 0.4) is 0 Å². The molecule has 0 spiro atoms. The molecule has 0 aromatic carbocycles. The molecule has 1 heterocycles. The summed E-state index contributed by atoms with van der Waals surface area (Å²) in [4.78, 5) is 15.7. The molecular formula is C12H17F3N2O3. The van der Waals surface area contributed by atoms with Gasteiger partial charge in [-0.2, -0.15) is 18.2 Å². The van der Waals surface area contributed by atoms with E-state index in [1.54, 1.807) is 20.8 Å². The standard InChI is InChI=1S/C12H17F3N2O3/c1-11(2,3)8(18)6-10-16-9(17-20-10)4-5-19-7-12(13,14)15/h4-7H2,1-3H3. The number of nitrogens with zero attached hydrogens (tertiary/aromatic N) is 2. The number of ether oxygens (including phenoxy) is 1. The van der Waals surface area contributed by atoms with Crippen molar-refractivity contribution < 1.29 is 27.2 Å². The Morgan fingerprint density at radius 2 is 1.95 bits per heavy atom. The Morgan fingerprint density at radius 1 is 1.30 bits per heavy atom. The number of Topliss-reactive ketones (excluding diaryl/α,β-unsaturated/α-hetero) is 1. The second kappa shape index (κ2) is 6.34. The molecule has 0 amide bonds. The van der Waals surface area contributed by atoms with Gasteiger partial charge in [0.25, 0.3) is 0 Å². The second-order valence-corrected chi connectivity index (χ2v) is 5.37. The SMILES string of the molecule is CC(C)(C)C(=O)Cc1nc(CCOCC(F)(F)F)no1. The fourth-order valence-electron chi connectivity index (χ4n) is 1.22. The maximum atomic E-state index is 11.8. The molecule has 0 bridgehead atoms. The predicted octanol–water partition coefficient (Wildman–Crippen LogP) is 2.35. The molecule has 0 saturated heterocycles. The van der Waals surface area contributed by atoms with Crippen molar-refractivity contribution in [3.8, 4) is 0 Å². The first-order valence-corrected chi connectivity index (χ1v) is 6.07. The molecule has 0 N–H and O–H groups in total. The fraction of sp³-hybridized carbons (Fsp3) is 0.750. The number of hydrogen-bond acceptors (Lipinski definition) is 5. The second-order valence-electron chi connectivity index (χ2n) is 5.37. The average Bonchev–Trinajstić information content (AvgIpc) is 2.69. The Kier molecular flexibility index (Phi) is 5.27. The lowest BCUT2D eigenvalue weighted by atomic mass is 9.89. The van der Waals surface area contributed by atoms with Gasteiger partial charge in [0.05, 0.1) is 13.0 Å². The molecule has 1 rings (SSSR count). The molecule has 1 aromatic rings. The quantitative estimate of drug-likeness (QED) is 0.753. The topological polar surface area (TPSA) is 65.2 Å². The van der Waals surface area contributed by atoms with Gasteiger partial charge in [0.2, 0.25) is 5.89 Å². The van der Waals surface area contributed by atoms with Crippen LogP contribution in [0, 0.1) is 5.41 Å². The number of halogens is 3. The van der Waals surface area contributed by atoms with Crippen molar-refractivity contribution in [2.75, 3.05) is 13.2 Å². The lowest BCUT2D eigenvalue weighted by Crippen LogP contribution is -2.22. The van der Waals surface area contributed by atoms with E-state index in [0.29, 0.717) is 0 Å². The van der Waals surface area contributed by atoms with Gasteiger partial charge in [-0.25, -0.2) is 0 Å². The minimum absolute atomic E-state index is 0.0138. The predicted molar refractivity (Wildman–Crippen MR) is 63.0 cm³/mol. The third kappa shape index (κ3) is 6.14. The van der Waals surface area contributed by atoms with E-state index >= 15 is 0 Å². The normalized spacial score (nSPS) is 12.7. The fourth-order valence-corrected chi connectivity index (χ4v) is 1.22. The van der Waals surface area contributed by atoms with E-state index < -0.39 is 18.2 Å². The number of rotatable bonds is 6. The summed E-state index contributed by atoms with van der Waals surface area (Å²) in [6.45, 7) is 3.86. The number of carbonyl (C=O) groups is 1. The molecule has 20 heavy (non-hydrogen) atoms. The first-order valence-electron chi connectivity index (χ1n) is 6.07. The van der Waals surface area contributed by atoms with Crippen LogP contribution in [0.4, 0.5) is 13.2 Å². The summed E-state index contributed by atoms with van der Waals surface area (Å²) in [7, 11) is 0. The average molecular weight is 294 g/mol. The van der Waals surface area contributed by atoms with Crippen molar-refractivity contribution in [3.63, 3.8) is 0 Å². The number of aromatic nitrogens is 2. The van der Waals surface area contributed by atoms with Crippen molar-refractivity contribution in [1.29, 1.82) is 0 Å². The van der Waals surface area contributed by atoms with E-state index in [9.17, 15) is 18.0 Å². The maximum absolute atomic E-state index is 11.8. The molecule has 0 aliphatic heterocycles. The van der Waals surface area contributed by atoms with Gasteiger partial charge < -0.3 is 9.26 Å². The van der Waals surface area contributed by atoms with Gasteiger partial charge >= 0.3 is 6.18 Å². The summed E-state index contributed by atoms with van der Waals surface area (Å²) >= 11 is 0. The van der Waals surface area contributed by atoms with Crippen LogP contribution in [0.1, 0.15) is 32.5 Å². The van der Waals surface area contributed by atoms with Gasteiger partial charge in [0.15, 0.2) is 5.82 Å². The van der Waals surface area contributed by atoms with Gasteiger partial charge in [-0.3, -0.25) is 4.79 Å². The summed E-state index contributed by atoms with van der Waals surface area (Å²) in [5, 5.41) is 3.59. The molecular weight excluding hydrogens is 277 g/mol. The molecule has 8 heteroatoms. The third-order valence-corrected chi connectivity index (χ3v) is 2.39. The highest BCUT2D eigenvalue weighted by Crippen LogP contribution is 2.17. The van der Waals surface area contributed by atoms with Crippen LogP contribution in [0.25, 0.3) is 0 Å². The molecule has 114 valence electrons. The van der Waals surface area contributed by atoms with E-state index in [1.165, 1.54) is 0 Å². The van der Waals surface area contributed by atoms with Crippen LogP contribution in [0.15, 0.2) is 4.52 Å². The molecule has 0 unspecified atom stereocenters. The zero-order valence-electron chi connectivity index (χ0n) is 11.6. The largest absolute Gasteiger partial charge is 0.411 e. The minimum atomic E-state index is -4.35. The van der Waals surface area contributed by atoms with E-state index in [1.807, 2.05) is 0 Å². The summed E-state index contributed by atoms with van der Waals surface area (Å²) in [5.74, 6) is 0.334. The number of alkyl halides is 3. The van der Waals surface area contributed by atoms with Crippen LogP contribution in [-0.2, 0) is 22.4 Å². The Balaban J connectivity index is 2.39. The third-order valence-electron chi connectivity index (χ3n) is 2.39. The lowest BCUT2D eigenvalue weighted by Gasteiger charge is -2.14. The van der Waals surface area contributed by atoms with Crippen molar-refractivity contribution in [1.82, 2.24) is 10.1 Å². The summed E-state index contributed by atoms with van der Waals surface area (Å²) in [6.07, 6.45) is -4.23. The van der Waals surface area contributed by atoms with Crippen LogP contribution < -0.4 is 0 Å². The summed E-state index contributed by atoms with van der Waals surface area (Å²) in [5.41, 5.74) is -0.509. The monoisotopic (exact) mass is 294 g/mol. The van der Waals surface area contributed by atoms with Crippen molar-refractivity contribution in [2.24, 2.45) is 5.41 Å². The maximum Gasteiger partial charge on any atom is 0.411 e. The first-order chi connectivity index (χ1) is 9.08. The Bertz CT molecular complexity index is 450. The van der Waals surface area contributed by atoms with Crippen molar-refractivity contribution in [3.05, 3.63) is 11.7 Å². The lowest BCUT2D eigenvalue weighted by molar-refractivity contribution is -0.173. The highest BCUT2D eigenvalue weighted by atomic mass is 19.4. The highest BCUT2D eigenvalue weighted by molar-refractivity contribution is 5.84. The van der Waals surface area contributed by atoms with Gasteiger partial charge in [0, 0.05) is 11.8 Å². The van der Waals surface area contributed by atoms with E-state index in [-0.39, 0.29) is 36.9 Å².